The molecule has 4 heteroatoms. The standard InChI is InChI=1S/C17H19ClFNO/c1-11(2)9-12(18)10-20-17(21)15-7-8-16(19)14-6-4-3-5-13(14)15/h3-8,11-12H,9-10H2,1-2H3,(H,20,21). The van der Waals surface area contributed by atoms with Crippen molar-refractivity contribution in [3.63, 3.8) is 0 Å². The van der Waals surface area contributed by atoms with Gasteiger partial charge in [0.05, 0.1) is 5.38 Å². The largest absolute Gasteiger partial charge is 0.351 e. The quantitative estimate of drug-likeness (QED) is 0.817. The molecule has 1 unspecified atom stereocenters. The van der Waals surface area contributed by atoms with Crippen LogP contribution in [-0.2, 0) is 0 Å². The van der Waals surface area contributed by atoms with Crippen molar-refractivity contribution in [2.45, 2.75) is 25.6 Å². The summed E-state index contributed by atoms with van der Waals surface area (Å²) in [6.45, 7) is 4.58. The first kappa shape index (κ1) is 15.8. The lowest BCUT2D eigenvalue weighted by Gasteiger charge is -2.14. The van der Waals surface area contributed by atoms with Gasteiger partial charge >= 0.3 is 0 Å². The van der Waals surface area contributed by atoms with Gasteiger partial charge in [-0.05, 0) is 29.9 Å². The van der Waals surface area contributed by atoms with Crippen molar-refractivity contribution in [1.29, 1.82) is 0 Å². The molecule has 1 atom stereocenters. The van der Waals surface area contributed by atoms with Gasteiger partial charge in [0, 0.05) is 17.5 Å². The zero-order valence-electron chi connectivity index (χ0n) is 12.2. The van der Waals surface area contributed by atoms with Crippen LogP contribution in [0.3, 0.4) is 0 Å². The van der Waals surface area contributed by atoms with Crippen molar-refractivity contribution >= 4 is 28.3 Å². The molecule has 21 heavy (non-hydrogen) atoms. The highest BCUT2D eigenvalue weighted by Gasteiger charge is 2.14. The highest BCUT2D eigenvalue weighted by molar-refractivity contribution is 6.21. The van der Waals surface area contributed by atoms with E-state index in [0.717, 1.165) is 6.42 Å². The van der Waals surface area contributed by atoms with Gasteiger partial charge in [-0.25, -0.2) is 4.39 Å². The minimum atomic E-state index is -0.322. The second kappa shape index (κ2) is 6.90. The Bertz CT molecular complexity index is 642. The monoisotopic (exact) mass is 307 g/mol. The summed E-state index contributed by atoms with van der Waals surface area (Å²) < 4.78 is 13.7. The fourth-order valence-electron chi connectivity index (χ4n) is 2.35. The van der Waals surface area contributed by atoms with E-state index < -0.39 is 0 Å². The third kappa shape index (κ3) is 3.94. The minimum absolute atomic E-state index is 0.0966. The summed E-state index contributed by atoms with van der Waals surface area (Å²) in [5, 5.41) is 3.79. The maximum absolute atomic E-state index is 13.7. The van der Waals surface area contributed by atoms with Gasteiger partial charge in [-0.1, -0.05) is 38.1 Å². The third-order valence-corrected chi connectivity index (χ3v) is 3.66. The van der Waals surface area contributed by atoms with E-state index in [1.54, 1.807) is 24.3 Å². The van der Waals surface area contributed by atoms with Crippen LogP contribution in [0.25, 0.3) is 10.8 Å². The summed E-state index contributed by atoms with van der Waals surface area (Å²) in [6, 6.07) is 9.80. The molecule has 0 aliphatic rings. The lowest BCUT2D eigenvalue weighted by Crippen LogP contribution is -2.30. The van der Waals surface area contributed by atoms with E-state index >= 15 is 0 Å². The molecule has 2 nitrogen and oxygen atoms in total. The number of carbonyl (C=O) groups excluding carboxylic acids is 1. The molecule has 0 heterocycles. The normalized spacial score (nSPS) is 12.6. The number of rotatable bonds is 5. The Morgan fingerprint density at radius 3 is 2.52 bits per heavy atom. The van der Waals surface area contributed by atoms with Crippen molar-refractivity contribution in [2.24, 2.45) is 5.92 Å². The van der Waals surface area contributed by atoms with E-state index in [4.69, 9.17) is 11.6 Å². The molecular formula is C17H19ClFNO. The predicted molar refractivity (Wildman–Crippen MR) is 85.3 cm³/mol. The highest BCUT2D eigenvalue weighted by atomic mass is 35.5. The summed E-state index contributed by atoms with van der Waals surface area (Å²) in [6.07, 6.45) is 0.839. The highest BCUT2D eigenvalue weighted by Crippen LogP contribution is 2.21. The molecule has 0 aliphatic heterocycles. The number of hydrogen-bond acceptors (Lipinski definition) is 1. The van der Waals surface area contributed by atoms with Crippen LogP contribution in [0.15, 0.2) is 36.4 Å². The number of nitrogens with one attached hydrogen (secondary N) is 1. The van der Waals surface area contributed by atoms with E-state index in [0.29, 0.717) is 28.8 Å². The third-order valence-electron chi connectivity index (χ3n) is 3.33. The summed E-state index contributed by atoms with van der Waals surface area (Å²) >= 11 is 6.18. The molecule has 1 amide bonds. The molecule has 0 bridgehead atoms. The summed E-state index contributed by atoms with van der Waals surface area (Å²) in [5.74, 6) is -0.0613. The second-order valence-electron chi connectivity index (χ2n) is 5.58. The summed E-state index contributed by atoms with van der Waals surface area (Å²) in [7, 11) is 0. The van der Waals surface area contributed by atoms with E-state index in [-0.39, 0.29) is 17.1 Å². The zero-order valence-corrected chi connectivity index (χ0v) is 13.0. The van der Waals surface area contributed by atoms with Crippen molar-refractivity contribution in [1.82, 2.24) is 5.32 Å². The van der Waals surface area contributed by atoms with Crippen molar-refractivity contribution in [3.05, 3.63) is 47.8 Å². The maximum atomic E-state index is 13.7. The number of alkyl halides is 1. The van der Waals surface area contributed by atoms with E-state index in [9.17, 15) is 9.18 Å². The maximum Gasteiger partial charge on any atom is 0.251 e. The minimum Gasteiger partial charge on any atom is -0.351 e. The zero-order chi connectivity index (χ0) is 15.4. The van der Waals surface area contributed by atoms with Crippen LogP contribution in [0.4, 0.5) is 4.39 Å². The Morgan fingerprint density at radius 2 is 1.86 bits per heavy atom. The Morgan fingerprint density at radius 1 is 1.19 bits per heavy atom. The van der Waals surface area contributed by atoms with E-state index in [1.807, 2.05) is 0 Å². The molecule has 2 rings (SSSR count). The van der Waals surface area contributed by atoms with E-state index in [2.05, 4.69) is 19.2 Å². The first-order valence-corrected chi connectivity index (χ1v) is 7.52. The lowest BCUT2D eigenvalue weighted by molar-refractivity contribution is 0.0954. The molecule has 2 aromatic carbocycles. The molecule has 0 saturated carbocycles. The van der Waals surface area contributed by atoms with Crippen molar-refractivity contribution in [2.75, 3.05) is 6.54 Å². The van der Waals surface area contributed by atoms with Crippen LogP contribution in [0.5, 0.6) is 0 Å². The first-order valence-electron chi connectivity index (χ1n) is 7.08. The number of fused-ring (bicyclic) bond motifs is 1. The van der Waals surface area contributed by atoms with Crippen LogP contribution < -0.4 is 5.32 Å². The summed E-state index contributed by atoms with van der Waals surface area (Å²) in [5.41, 5.74) is 0.473. The van der Waals surface area contributed by atoms with Gasteiger partial charge in [0.25, 0.3) is 5.91 Å². The van der Waals surface area contributed by atoms with Gasteiger partial charge in [0.1, 0.15) is 5.82 Å². The summed E-state index contributed by atoms with van der Waals surface area (Å²) in [4.78, 5) is 12.3. The van der Waals surface area contributed by atoms with Crippen molar-refractivity contribution < 1.29 is 9.18 Å². The average molecular weight is 308 g/mol. The predicted octanol–water partition coefficient (Wildman–Crippen LogP) is 4.36. The van der Waals surface area contributed by atoms with E-state index in [1.165, 1.54) is 12.1 Å². The molecule has 0 radical (unpaired) electrons. The lowest BCUT2D eigenvalue weighted by atomic mass is 10.0. The van der Waals surface area contributed by atoms with Gasteiger partial charge in [-0.2, -0.15) is 0 Å². The molecular weight excluding hydrogens is 289 g/mol. The fourth-order valence-corrected chi connectivity index (χ4v) is 2.79. The Hall–Kier alpha value is -1.61. The van der Waals surface area contributed by atoms with Gasteiger partial charge in [0.2, 0.25) is 0 Å². The molecule has 112 valence electrons. The number of hydrogen-bond donors (Lipinski definition) is 1. The Labute approximate surface area is 129 Å². The second-order valence-corrected chi connectivity index (χ2v) is 6.19. The van der Waals surface area contributed by atoms with Gasteiger partial charge in [0.15, 0.2) is 0 Å². The molecule has 0 aliphatic carbocycles. The van der Waals surface area contributed by atoms with Crippen LogP contribution in [0.2, 0.25) is 0 Å². The number of halogens is 2. The number of carbonyl (C=O) groups is 1. The number of benzene rings is 2. The molecule has 2 aromatic rings. The van der Waals surface area contributed by atoms with Crippen LogP contribution in [0.1, 0.15) is 30.6 Å². The smallest absolute Gasteiger partial charge is 0.251 e. The Kier molecular flexibility index (Phi) is 5.18. The topological polar surface area (TPSA) is 29.1 Å². The molecule has 0 saturated heterocycles. The molecule has 1 N–H and O–H groups in total. The van der Waals surface area contributed by atoms with Crippen LogP contribution in [-0.4, -0.2) is 17.8 Å². The SMILES string of the molecule is CC(C)CC(Cl)CNC(=O)c1ccc(F)c2ccccc12. The first-order chi connectivity index (χ1) is 9.99. The van der Waals surface area contributed by atoms with Crippen LogP contribution in [0, 0.1) is 11.7 Å². The average Bonchev–Trinajstić information content (AvgIpc) is 2.45. The molecule has 0 fully saturated rings. The fraction of sp³-hybridized carbons (Fsp3) is 0.353. The van der Waals surface area contributed by atoms with Gasteiger partial charge in [-0.15, -0.1) is 11.6 Å². The van der Waals surface area contributed by atoms with Gasteiger partial charge in [-0.3, -0.25) is 4.79 Å². The van der Waals surface area contributed by atoms with Gasteiger partial charge < -0.3 is 5.32 Å². The Balaban J connectivity index is 2.15. The van der Waals surface area contributed by atoms with Crippen molar-refractivity contribution in [3.8, 4) is 0 Å². The van der Waals surface area contributed by atoms with Crippen LogP contribution >= 0.6 is 11.6 Å². The number of amides is 1. The molecule has 0 spiro atoms. The molecule has 0 aromatic heterocycles.